The maximum absolute atomic E-state index is 2.66. The summed E-state index contributed by atoms with van der Waals surface area (Å²) >= 11 is 0. The highest BCUT2D eigenvalue weighted by molar-refractivity contribution is 6.26. The van der Waals surface area contributed by atoms with Gasteiger partial charge in [-0.25, -0.2) is 0 Å². The van der Waals surface area contributed by atoms with Crippen LogP contribution in [0.15, 0.2) is 66.7 Å². The highest BCUT2D eigenvalue weighted by Gasteiger charge is 2.71. The molecule has 9 atom stereocenters. The van der Waals surface area contributed by atoms with Gasteiger partial charge in [-0.3, -0.25) is 0 Å². The zero-order valence-electron chi connectivity index (χ0n) is 25.1. The number of nitrogens with zero attached hydrogens (tertiary/aromatic N) is 1. The molecular weight excluding hydrogens is 530 g/mol. The lowest BCUT2D eigenvalue weighted by Crippen LogP contribution is -2.59. The molecule has 9 unspecified atom stereocenters. The maximum atomic E-state index is 2.66. The molecule has 5 saturated carbocycles. The summed E-state index contributed by atoms with van der Waals surface area (Å²) in [5.74, 6) is 7.28. The highest BCUT2D eigenvalue weighted by atomic mass is 14.9. The number of benzene rings is 5. The molecule has 2 heterocycles. The SMILES string of the molecule is c1cc2c3cc4cc5c(cc4cc3n3c4cc6cc7c(cc6cc4c(c1)c23)C1CC2CC3CC7C23C1)C1CC2CC5CC1C2. The first-order chi connectivity index (χ1) is 21.7. The molecule has 1 heteroatoms. The third-order valence-electron chi connectivity index (χ3n) is 15.7. The monoisotopic (exact) mass is 565 g/mol. The fraction of sp³-hybridized carbons (Fsp3) is 0.395. The quantitative estimate of drug-likeness (QED) is 0.172. The van der Waals surface area contributed by atoms with Crippen molar-refractivity contribution in [3.05, 3.63) is 89.0 Å². The Labute approximate surface area is 256 Å². The second kappa shape index (κ2) is 6.67. The van der Waals surface area contributed by atoms with Crippen LogP contribution < -0.4 is 0 Å². The molecule has 0 N–H and O–H groups in total. The second-order valence-electron chi connectivity index (χ2n) is 17.0. The van der Waals surface area contributed by atoms with Gasteiger partial charge in [0.1, 0.15) is 0 Å². The van der Waals surface area contributed by atoms with Crippen molar-refractivity contribution in [2.24, 2.45) is 29.1 Å². The minimum Gasteiger partial charge on any atom is -0.308 e. The Kier molecular flexibility index (Phi) is 3.34. The minimum absolute atomic E-state index is 0.709. The van der Waals surface area contributed by atoms with Gasteiger partial charge >= 0.3 is 0 Å². The summed E-state index contributed by atoms with van der Waals surface area (Å²) in [6.45, 7) is 0. The smallest absolute Gasteiger partial charge is 0.0620 e. The van der Waals surface area contributed by atoms with Crippen LogP contribution in [0.4, 0.5) is 0 Å². The Balaban J connectivity index is 1.05. The van der Waals surface area contributed by atoms with Gasteiger partial charge in [0.2, 0.25) is 0 Å². The van der Waals surface area contributed by atoms with Crippen LogP contribution in [0.25, 0.3) is 59.6 Å². The van der Waals surface area contributed by atoms with E-state index in [-0.39, 0.29) is 0 Å². The summed E-state index contributed by atoms with van der Waals surface area (Å²) in [5.41, 5.74) is 11.8. The van der Waals surface area contributed by atoms with Crippen LogP contribution in [-0.4, -0.2) is 4.40 Å². The number of rotatable bonds is 0. The van der Waals surface area contributed by atoms with Crippen LogP contribution in [0.2, 0.25) is 0 Å². The van der Waals surface area contributed by atoms with E-state index in [1.807, 2.05) is 0 Å². The van der Waals surface area contributed by atoms with Crippen molar-refractivity contribution in [1.82, 2.24) is 4.40 Å². The van der Waals surface area contributed by atoms with E-state index in [1.54, 1.807) is 22.3 Å². The van der Waals surface area contributed by atoms with E-state index >= 15 is 0 Å². The first kappa shape index (κ1) is 22.0. The van der Waals surface area contributed by atoms with Crippen LogP contribution in [0.3, 0.4) is 0 Å². The molecule has 5 fully saturated rings. The van der Waals surface area contributed by atoms with Crippen LogP contribution in [-0.2, 0) is 0 Å². The van der Waals surface area contributed by atoms with Gasteiger partial charge in [-0.2, -0.15) is 0 Å². The summed E-state index contributed by atoms with van der Waals surface area (Å²) in [4.78, 5) is 0. The lowest BCUT2D eigenvalue weighted by molar-refractivity contribution is -0.146. The Morgan fingerprint density at radius 2 is 1.23 bits per heavy atom. The molecule has 1 spiro atoms. The molecule has 7 aromatic rings. The molecular formula is C43H35N. The Morgan fingerprint density at radius 3 is 2.00 bits per heavy atom. The van der Waals surface area contributed by atoms with E-state index in [2.05, 4.69) is 71.1 Å². The van der Waals surface area contributed by atoms with Gasteiger partial charge < -0.3 is 4.40 Å². The molecule has 44 heavy (non-hydrogen) atoms. The van der Waals surface area contributed by atoms with E-state index < -0.39 is 0 Å². The van der Waals surface area contributed by atoms with Crippen molar-refractivity contribution in [3.63, 3.8) is 0 Å². The lowest BCUT2D eigenvalue weighted by Gasteiger charge is -2.68. The van der Waals surface area contributed by atoms with Crippen LogP contribution >= 0.6 is 0 Å². The van der Waals surface area contributed by atoms with Gasteiger partial charge in [-0.1, -0.05) is 42.5 Å². The van der Waals surface area contributed by atoms with Gasteiger partial charge in [0.15, 0.2) is 0 Å². The topological polar surface area (TPSA) is 4.41 Å². The van der Waals surface area contributed by atoms with Crippen molar-refractivity contribution in [2.45, 2.75) is 75.0 Å². The zero-order valence-corrected chi connectivity index (χ0v) is 25.1. The third-order valence-corrected chi connectivity index (χ3v) is 15.7. The maximum Gasteiger partial charge on any atom is 0.0620 e. The second-order valence-corrected chi connectivity index (χ2v) is 17.0. The number of hydrogen-bond donors (Lipinski definition) is 0. The molecule has 0 saturated heterocycles. The molecule has 0 amide bonds. The molecule has 0 radical (unpaired) electrons. The average Bonchev–Trinajstić information content (AvgIpc) is 3.73. The number of para-hydroxylation sites is 1. The summed E-state index contributed by atoms with van der Waals surface area (Å²) in [6.07, 6.45) is 11.8. The molecule has 2 aromatic heterocycles. The summed E-state index contributed by atoms with van der Waals surface area (Å²) in [5, 5.41) is 11.5. The first-order valence-corrected chi connectivity index (χ1v) is 17.9. The van der Waals surface area contributed by atoms with E-state index in [0.29, 0.717) is 5.41 Å². The van der Waals surface area contributed by atoms with Gasteiger partial charge in [-0.05, 0) is 172 Å². The summed E-state index contributed by atoms with van der Waals surface area (Å²) < 4.78 is 2.64. The molecule has 5 aromatic carbocycles. The van der Waals surface area contributed by atoms with Crippen molar-refractivity contribution >= 4 is 59.6 Å². The number of aromatic nitrogens is 1. The summed E-state index contributed by atoms with van der Waals surface area (Å²) in [6, 6.07) is 27.9. The predicted molar refractivity (Wildman–Crippen MR) is 180 cm³/mol. The fourth-order valence-electron chi connectivity index (χ4n) is 14.1. The Morgan fingerprint density at radius 1 is 0.545 bits per heavy atom. The van der Waals surface area contributed by atoms with E-state index in [1.165, 1.54) is 111 Å². The normalized spacial score (nSPS) is 36.9. The Bertz CT molecular complexity index is 2530. The molecule has 7 aliphatic rings. The average molecular weight is 566 g/mol. The highest BCUT2D eigenvalue weighted by Crippen LogP contribution is 2.81. The molecule has 212 valence electrons. The van der Waals surface area contributed by atoms with Crippen LogP contribution in [0.5, 0.6) is 0 Å². The Hall–Kier alpha value is -3.58. The van der Waals surface area contributed by atoms with Crippen molar-refractivity contribution in [3.8, 4) is 0 Å². The fourth-order valence-corrected chi connectivity index (χ4v) is 14.1. The van der Waals surface area contributed by atoms with Crippen LogP contribution in [0.1, 0.15) is 97.3 Å². The lowest BCUT2D eigenvalue weighted by atomic mass is 9.36. The van der Waals surface area contributed by atoms with Gasteiger partial charge in [0.05, 0.1) is 16.6 Å². The van der Waals surface area contributed by atoms with E-state index in [4.69, 9.17) is 0 Å². The van der Waals surface area contributed by atoms with Crippen molar-refractivity contribution in [2.75, 3.05) is 0 Å². The molecule has 7 aliphatic carbocycles. The summed E-state index contributed by atoms with van der Waals surface area (Å²) in [7, 11) is 0. The molecule has 5 bridgehead atoms. The van der Waals surface area contributed by atoms with Gasteiger partial charge in [0, 0.05) is 21.5 Å². The van der Waals surface area contributed by atoms with Gasteiger partial charge in [-0.15, -0.1) is 0 Å². The largest absolute Gasteiger partial charge is 0.308 e. The number of fused-ring (bicyclic) bond motifs is 17. The van der Waals surface area contributed by atoms with Gasteiger partial charge in [0.25, 0.3) is 0 Å². The third kappa shape index (κ3) is 2.17. The standard InChI is InChI=1S/C43H35N/c1-2-30-37-13-21-9-33-26-5-20-4-25(7-26)32(6-20)35(33)11-23(21)15-40(37)44-41-16-24-12-36-34(10-22(24)14-38(41)31(3-1)42(30)44)27-8-28-17-29-18-39(36)43(28,29)19-27/h1-3,9-16,20,25-29,32,39H,4-8,17-19H2. The predicted octanol–water partition coefficient (Wildman–Crippen LogP) is 11.1. The minimum atomic E-state index is 0.709. The molecule has 14 rings (SSSR count). The van der Waals surface area contributed by atoms with E-state index in [9.17, 15) is 0 Å². The first-order valence-electron chi connectivity index (χ1n) is 17.9. The van der Waals surface area contributed by atoms with Crippen molar-refractivity contribution < 1.29 is 0 Å². The molecule has 1 nitrogen and oxygen atoms in total. The molecule has 0 aliphatic heterocycles. The zero-order chi connectivity index (χ0) is 27.8. The van der Waals surface area contributed by atoms with Crippen molar-refractivity contribution in [1.29, 1.82) is 0 Å². The van der Waals surface area contributed by atoms with E-state index in [0.717, 1.165) is 47.3 Å². The number of hydrogen-bond acceptors (Lipinski definition) is 0. The van der Waals surface area contributed by atoms with Crippen LogP contribution in [0, 0.1) is 29.1 Å².